The highest BCUT2D eigenvalue weighted by atomic mass is 32.2. The van der Waals surface area contributed by atoms with Crippen molar-refractivity contribution in [3.05, 3.63) is 76.7 Å². The largest absolute Gasteiger partial charge is 0.466 e. The molecule has 266 valence electrons. The maximum atomic E-state index is 14.0. The summed E-state index contributed by atoms with van der Waals surface area (Å²) >= 11 is 1.40. The van der Waals surface area contributed by atoms with Crippen LogP contribution in [0.2, 0.25) is 0 Å². The Labute approximate surface area is 288 Å². The minimum absolute atomic E-state index is 0.00909. The SMILES string of the molecule is COC(=O)/C=C(/c1ccc(F)cc1SC)C1CCN(CC(O)Cn2nc(-c3ccc(C(F)(F)F)cc3)c3c2CCN(S(C)(=O)=O)CC3)CC1. The molecule has 1 saturated heterocycles. The van der Waals surface area contributed by atoms with E-state index >= 15 is 0 Å². The Hall–Kier alpha value is -3.24. The molecule has 3 heterocycles. The molecule has 0 spiro atoms. The van der Waals surface area contributed by atoms with Crippen molar-refractivity contribution in [3.8, 4) is 11.3 Å². The van der Waals surface area contributed by atoms with Gasteiger partial charge in [-0.2, -0.15) is 18.3 Å². The van der Waals surface area contributed by atoms with Crippen molar-refractivity contribution in [1.82, 2.24) is 19.0 Å². The van der Waals surface area contributed by atoms with Crippen molar-refractivity contribution >= 4 is 33.3 Å². The van der Waals surface area contributed by atoms with Gasteiger partial charge >= 0.3 is 12.1 Å². The number of halogens is 4. The number of carbonyl (C=O) groups is 1. The lowest BCUT2D eigenvalue weighted by atomic mass is 9.84. The smallest absolute Gasteiger partial charge is 0.416 e. The second-order valence-electron chi connectivity index (χ2n) is 12.4. The number of sulfonamides is 1. The summed E-state index contributed by atoms with van der Waals surface area (Å²) in [7, 11) is -2.15. The first-order valence-electron chi connectivity index (χ1n) is 15.9. The molecule has 1 N–H and O–H groups in total. The molecule has 3 aromatic rings. The molecule has 15 heteroatoms. The first kappa shape index (κ1) is 37.0. The van der Waals surface area contributed by atoms with E-state index in [1.54, 1.807) is 10.7 Å². The van der Waals surface area contributed by atoms with Crippen LogP contribution in [0.1, 0.15) is 35.2 Å². The molecular weight excluding hydrogens is 685 g/mol. The molecule has 1 fully saturated rings. The van der Waals surface area contributed by atoms with Crippen molar-refractivity contribution in [3.63, 3.8) is 0 Å². The quantitative estimate of drug-likeness (QED) is 0.133. The van der Waals surface area contributed by atoms with Gasteiger partial charge in [0.2, 0.25) is 10.0 Å². The third-order valence-corrected chi connectivity index (χ3v) is 11.2. The number of ether oxygens (including phenoxy) is 1. The first-order valence-corrected chi connectivity index (χ1v) is 19.0. The van der Waals surface area contributed by atoms with E-state index in [9.17, 15) is 35.9 Å². The zero-order chi connectivity index (χ0) is 35.5. The average molecular weight is 725 g/mol. The van der Waals surface area contributed by atoms with Crippen LogP contribution in [-0.2, 0) is 45.1 Å². The molecule has 9 nitrogen and oxygen atoms in total. The van der Waals surface area contributed by atoms with Crippen LogP contribution in [0.5, 0.6) is 0 Å². The number of nitrogens with zero attached hydrogens (tertiary/aromatic N) is 4. The van der Waals surface area contributed by atoms with E-state index in [4.69, 9.17) is 9.84 Å². The highest BCUT2D eigenvalue weighted by molar-refractivity contribution is 7.98. The highest BCUT2D eigenvalue weighted by Gasteiger charge is 2.32. The number of aliphatic hydroxyl groups is 1. The average Bonchev–Trinajstić information content (AvgIpc) is 3.22. The molecule has 2 aromatic carbocycles. The molecule has 5 rings (SSSR count). The van der Waals surface area contributed by atoms with Crippen LogP contribution >= 0.6 is 11.8 Å². The molecular formula is C34H40F4N4O5S2. The zero-order valence-corrected chi connectivity index (χ0v) is 29.2. The summed E-state index contributed by atoms with van der Waals surface area (Å²) in [5.41, 5.74) is 3.26. The van der Waals surface area contributed by atoms with E-state index in [0.29, 0.717) is 56.6 Å². The summed E-state index contributed by atoms with van der Waals surface area (Å²) < 4.78 is 86.4. The molecule has 1 unspecified atom stereocenters. The van der Waals surface area contributed by atoms with Crippen molar-refractivity contribution in [2.24, 2.45) is 5.92 Å². The minimum Gasteiger partial charge on any atom is -0.466 e. The molecule has 0 aliphatic carbocycles. The Morgan fingerprint density at radius 2 is 1.76 bits per heavy atom. The number of fused-ring (bicyclic) bond motifs is 1. The van der Waals surface area contributed by atoms with Crippen LogP contribution in [0.15, 0.2) is 53.4 Å². The van der Waals surface area contributed by atoms with Crippen LogP contribution in [0, 0.1) is 11.7 Å². The Kier molecular flexibility index (Phi) is 11.6. The van der Waals surface area contributed by atoms with Gasteiger partial charge in [-0.15, -0.1) is 11.8 Å². The van der Waals surface area contributed by atoms with Gasteiger partial charge in [-0.25, -0.2) is 21.9 Å². The number of likely N-dealkylation sites (tertiary alicyclic amines) is 1. The van der Waals surface area contributed by atoms with Gasteiger partial charge in [0, 0.05) is 53.8 Å². The van der Waals surface area contributed by atoms with E-state index in [1.165, 1.54) is 53.5 Å². The van der Waals surface area contributed by atoms with Crippen LogP contribution in [0.25, 0.3) is 16.8 Å². The lowest BCUT2D eigenvalue weighted by Crippen LogP contribution is -2.40. The van der Waals surface area contributed by atoms with Crippen LogP contribution in [0.3, 0.4) is 0 Å². The number of allylic oxidation sites excluding steroid dienone is 1. The number of thioether (sulfide) groups is 1. The van der Waals surface area contributed by atoms with Gasteiger partial charge in [-0.1, -0.05) is 18.2 Å². The Bertz CT molecular complexity index is 1790. The molecule has 0 amide bonds. The van der Waals surface area contributed by atoms with Gasteiger partial charge < -0.3 is 14.7 Å². The highest BCUT2D eigenvalue weighted by Crippen LogP contribution is 2.37. The lowest BCUT2D eigenvalue weighted by molar-refractivity contribution is -0.137. The summed E-state index contributed by atoms with van der Waals surface area (Å²) in [6, 6.07) is 9.26. The van der Waals surface area contributed by atoms with Crippen molar-refractivity contribution in [2.45, 2.75) is 49.4 Å². The maximum Gasteiger partial charge on any atom is 0.416 e. The number of aromatic nitrogens is 2. The lowest BCUT2D eigenvalue weighted by Gasteiger charge is -2.34. The van der Waals surface area contributed by atoms with Gasteiger partial charge in [0.1, 0.15) is 5.82 Å². The molecule has 0 radical (unpaired) electrons. The van der Waals surface area contributed by atoms with Crippen molar-refractivity contribution < 1.29 is 40.6 Å². The maximum absolute atomic E-state index is 14.0. The number of β-amino-alcohol motifs (C(OH)–C–C–N with tert-alkyl or cyclic N) is 1. The minimum atomic E-state index is -4.49. The second-order valence-corrected chi connectivity index (χ2v) is 15.2. The Morgan fingerprint density at radius 1 is 1.08 bits per heavy atom. The second kappa shape index (κ2) is 15.3. The molecule has 49 heavy (non-hydrogen) atoms. The van der Waals surface area contributed by atoms with Gasteiger partial charge in [-0.3, -0.25) is 4.68 Å². The first-order chi connectivity index (χ1) is 23.2. The number of benzene rings is 2. The number of esters is 1. The number of rotatable bonds is 10. The Balaban J connectivity index is 1.32. The van der Waals surface area contributed by atoms with E-state index < -0.39 is 33.8 Å². The summed E-state index contributed by atoms with van der Waals surface area (Å²) in [6.45, 7) is 2.14. The van der Waals surface area contributed by atoms with Gasteiger partial charge in [0.15, 0.2) is 0 Å². The summed E-state index contributed by atoms with van der Waals surface area (Å²) in [5, 5.41) is 16.0. The van der Waals surface area contributed by atoms with Crippen molar-refractivity contribution in [2.75, 3.05) is 52.3 Å². The summed E-state index contributed by atoms with van der Waals surface area (Å²) in [4.78, 5) is 15.2. The van der Waals surface area contributed by atoms with Crippen LogP contribution in [-0.4, -0.2) is 96.9 Å². The standard InChI is InChI=1S/C34H40F4N4O5S2/c1-47-32(44)19-29(27-9-8-25(35)18-31(27)48-2)22-10-14-40(15-11-22)20-26(43)21-42-30-13-17-41(49(3,45)46)16-12-28(30)33(39-42)23-4-6-24(7-5-23)34(36,37)38/h4-9,18-19,22,26,43H,10-17,20-21H2,1-3H3/b29-19+. The zero-order valence-electron chi connectivity index (χ0n) is 27.5. The van der Waals surface area contributed by atoms with E-state index in [-0.39, 0.29) is 31.4 Å². The number of carbonyl (C=O) groups excluding carboxylic acids is 1. The van der Waals surface area contributed by atoms with Gasteiger partial charge in [0.05, 0.1) is 37.3 Å². The fraction of sp³-hybridized carbons (Fsp3) is 0.471. The van der Waals surface area contributed by atoms with E-state index in [1.807, 2.05) is 6.26 Å². The Morgan fingerprint density at radius 3 is 2.37 bits per heavy atom. The molecule has 1 atom stereocenters. The number of piperidine rings is 1. The fourth-order valence-electron chi connectivity index (χ4n) is 6.67. The monoisotopic (exact) mass is 724 g/mol. The summed E-state index contributed by atoms with van der Waals surface area (Å²) in [6.07, 6.45) is 1.20. The third-order valence-electron chi connectivity index (χ3n) is 9.16. The number of alkyl halides is 3. The molecule has 0 bridgehead atoms. The number of hydrogen-bond donors (Lipinski definition) is 1. The number of methoxy groups -OCH3 is 1. The third kappa shape index (κ3) is 8.92. The van der Waals surface area contributed by atoms with E-state index in [2.05, 4.69) is 4.90 Å². The van der Waals surface area contributed by atoms with Gasteiger partial charge in [-0.05, 0) is 79.9 Å². The van der Waals surface area contributed by atoms with Crippen molar-refractivity contribution in [1.29, 1.82) is 0 Å². The number of aliphatic hydroxyl groups excluding tert-OH is 1. The van der Waals surface area contributed by atoms with E-state index in [0.717, 1.165) is 45.7 Å². The molecule has 2 aliphatic rings. The summed E-state index contributed by atoms with van der Waals surface area (Å²) in [5.74, 6) is -0.838. The number of hydrogen-bond acceptors (Lipinski definition) is 8. The fourth-order valence-corrected chi connectivity index (χ4v) is 8.16. The van der Waals surface area contributed by atoms with Gasteiger partial charge in [0.25, 0.3) is 0 Å². The predicted octanol–water partition coefficient (Wildman–Crippen LogP) is 5.12. The predicted molar refractivity (Wildman–Crippen MR) is 180 cm³/mol. The molecule has 2 aliphatic heterocycles. The molecule has 0 saturated carbocycles. The van der Waals surface area contributed by atoms with Crippen LogP contribution < -0.4 is 0 Å². The normalized spacial score (nSPS) is 17.8. The molecule has 1 aromatic heterocycles. The van der Waals surface area contributed by atoms with Crippen LogP contribution in [0.4, 0.5) is 17.6 Å². The topological polar surface area (TPSA) is 105 Å².